The number of halogens is 1. The Hall–Kier alpha value is -1.74. The number of allylic oxidation sites excluding steroid dienone is 2. The topological polar surface area (TPSA) is 38.7 Å². The largest absolute Gasteiger partial charge is 0.226 e. The molecule has 3 rings (SSSR count). The van der Waals surface area contributed by atoms with Crippen molar-refractivity contribution in [1.82, 2.24) is 15.0 Å². The van der Waals surface area contributed by atoms with Crippen molar-refractivity contribution in [2.45, 2.75) is 25.2 Å². The summed E-state index contributed by atoms with van der Waals surface area (Å²) >= 11 is 6.04. The van der Waals surface area contributed by atoms with Crippen molar-refractivity contribution in [3.8, 4) is 11.4 Å². The normalized spacial score (nSPS) is 18.5. The summed E-state index contributed by atoms with van der Waals surface area (Å²) in [6.45, 7) is 0. The van der Waals surface area contributed by atoms with E-state index in [2.05, 4.69) is 27.1 Å². The Morgan fingerprint density at radius 2 is 1.84 bits per heavy atom. The number of benzene rings is 1. The minimum absolute atomic E-state index is 0.276. The molecule has 1 aromatic carbocycles. The fourth-order valence-corrected chi connectivity index (χ4v) is 2.46. The van der Waals surface area contributed by atoms with Crippen LogP contribution in [-0.2, 0) is 0 Å². The van der Waals surface area contributed by atoms with Gasteiger partial charge in [-0.25, -0.2) is 9.97 Å². The van der Waals surface area contributed by atoms with E-state index in [9.17, 15) is 0 Å². The number of nitrogens with zero attached hydrogens (tertiary/aromatic N) is 3. The monoisotopic (exact) mass is 271 g/mol. The molecule has 1 unspecified atom stereocenters. The van der Waals surface area contributed by atoms with E-state index in [0.29, 0.717) is 11.7 Å². The quantitative estimate of drug-likeness (QED) is 0.775. The van der Waals surface area contributed by atoms with Crippen LogP contribution in [-0.4, -0.2) is 15.0 Å². The van der Waals surface area contributed by atoms with Crippen LogP contribution in [0.1, 0.15) is 31.0 Å². The van der Waals surface area contributed by atoms with Crippen LogP contribution in [0.25, 0.3) is 11.4 Å². The van der Waals surface area contributed by atoms with Crippen LogP contribution in [0.15, 0.2) is 42.5 Å². The average Bonchev–Trinajstić information content (AvgIpc) is 2.48. The second kappa shape index (κ2) is 5.49. The number of rotatable bonds is 2. The molecule has 1 aromatic heterocycles. The van der Waals surface area contributed by atoms with Crippen LogP contribution in [0.3, 0.4) is 0 Å². The van der Waals surface area contributed by atoms with Crippen molar-refractivity contribution < 1.29 is 0 Å². The van der Waals surface area contributed by atoms with Gasteiger partial charge in [-0.15, -0.1) is 0 Å². The van der Waals surface area contributed by atoms with Gasteiger partial charge in [0.05, 0.1) is 0 Å². The molecule has 0 saturated heterocycles. The second-order valence-corrected chi connectivity index (χ2v) is 4.97. The molecule has 0 amide bonds. The molecule has 1 aliphatic rings. The molecular weight excluding hydrogens is 258 g/mol. The van der Waals surface area contributed by atoms with E-state index in [1.54, 1.807) is 0 Å². The Morgan fingerprint density at radius 1 is 1.00 bits per heavy atom. The highest BCUT2D eigenvalue weighted by Crippen LogP contribution is 2.28. The molecular formula is C15H14ClN3. The second-order valence-electron chi connectivity index (χ2n) is 4.63. The number of hydrogen-bond donors (Lipinski definition) is 0. The molecule has 0 saturated carbocycles. The first-order valence-corrected chi connectivity index (χ1v) is 6.82. The van der Waals surface area contributed by atoms with Gasteiger partial charge in [0, 0.05) is 11.5 Å². The zero-order valence-corrected chi connectivity index (χ0v) is 11.2. The molecule has 0 N–H and O–H groups in total. The van der Waals surface area contributed by atoms with E-state index < -0.39 is 0 Å². The molecule has 3 nitrogen and oxygen atoms in total. The van der Waals surface area contributed by atoms with Crippen molar-refractivity contribution >= 4 is 11.6 Å². The third-order valence-corrected chi connectivity index (χ3v) is 3.46. The summed E-state index contributed by atoms with van der Waals surface area (Å²) in [5.74, 6) is 1.82. The van der Waals surface area contributed by atoms with Gasteiger partial charge in [-0.05, 0) is 30.9 Å². The van der Waals surface area contributed by atoms with E-state index in [1.165, 1.54) is 0 Å². The van der Waals surface area contributed by atoms with Crippen molar-refractivity contribution in [1.29, 1.82) is 0 Å². The molecule has 4 heteroatoms. The van der Waals surface area contributed by atoms with Gasteiger partial charge in [0.2, 0.25) is 5.28 Å². The van der Waals surface area contributed by atoms with Crippen molar-refractivity contribution in [3.05, 3.63) is 53.6 Å². The Morgan fingerprint density at radius 3 is 2.58 bits per heavy atom. The number of aromatic nitrogens is 3. The molecule has 0 fully saturated rings. The molecule has 0 radical (unpaired) electrons. The van der Waals surface area contributed by atoms with Crippen molar-refractivity contribution in [2.24, 2.45) is 0 Å². The third-order valence-electron chi connectivity index (χ3n) is 3.29. The minimum atomic E-state index is 0.276. The molecule has 96 valence electrons. The summed E-state index contributed by atoms with van der Waals surface area (Å²) in [5.41, 5.74) is 0.972. The fourth-order valence-electron chi connectivity index (χ4n) is 2.29. The molecule has 0 aliphatic heterocycles. The third kappa shape index (κ3) is 2.82. The molecule has 0 bridgehead atoms. The lowest BCUT2D eigenvalue weighted by Gasteiger charge is -2.16. The predicted octanol–water partition coefficient (Wildman–Crippen LogP) is 4.02. The highest BCUT2D eigenvalue weighted by molar-refractivity contribution is 6.28. The molecule has 0 spiro atoms. The Kier molecular flexibility index (Phi) is 3.56. The first-order valence-electron chi connectivity index (χ1n) is 6.45. The zero-order chi connectivity index (χ0) is 13.1. The van der Waals surface area contributed by atoms with Gasteiger partial charge in [-0.1, -0.05) is 42.5 Å². The summed E-state index contributed by atoms with van der Waals surface area (Å²) in [5, 5.41) is 0.276. The fraction of sp³-hybridized carbons (Fsp3) is 0.267. The smallest absolute Gasteiger partial charge is 0.213 e. The maximum absolute atomic E-state index is 6.04. The van der Waals surface area contributed by atoms with Gasteiger partial charge in [0.15, 0.2) is 5.82 Å². The standard InChI is InChI=1S/C15H14ClN3/c16-15-18-13(11-7-3-1-4-8-11)17-14(19-15)12-9-5-2-6-10-12/h1-5,7-8,12H,6,9-10H2. The van der Waals surface area contributed by atoms with Gasteiger partial charge in [-0.2, -0.15) is 4.98 Å². The summed E-state index contributed by atoms with van der Waals surface area (Å²) < 4.78 is 0. The maximum Gasteiger partial charge on any atom is 0.226 e. The Balaban J connectivity index is 1.98. The average molecular weight is 272 g/mol. The van der Waals surface area contributed by atoms with Crippen LogP contribution in [0.5, 0.6) is 0 Å². The first-order chi connectivity index (χ1) is 9.33. The lowest BCUT2D eigenvalue weighted by Crippen LogP contribution is -2.08. The molecule has 2 aromatic rings. The SMILES string of the molecule is Clc1nc(-c2ccccc2)nc(C2CC=CCC2)n1. The maximum atomic E-state index is 6.04. The van der Waals surface area contributed by atoms with E-state index in [1.807, 2.05) is 30.3 Å². The lowest BCUT2D eigenvalue weighted by molar-refractivity contribution is 0.580. The Labute approximate surface area is 117 Å². The summed E-state index contributed by atoms with van der Waals surface area (Å²) in [6.07, 6.45) is 7.53. The Bertz CT molecular complexity index is 596. The van der Waals surface area contributed by atoms with Gasteiger partial charge in [0.25, 0.3) is 0 Å². The van der Waals surface area contributed by atoms with E-state index >= 15 is 0 Å². The van der Waals surface area contributed by atoms with E-state index in [-0.39, 0.29) is 5.28 Å². The van der Waals surface area contributed by atoms with Gasteiger partial charge < -0.3 is 0 Å². The zero-order valence-electron chi connectivity index (χ0n) is 10.5. The van der Waals surface area contributed by atoms with Crippen LogP contribution in [0.2, 0.25) is 5.28 Å². The summed E-state index contributed by atoms with van der Waals surface area (Å²) in [4.78, 5) is 13.1. The highest BCUT2D eigenvalue weighted by atomic mass is 35.5. The summed E-state index contributed by atoms with van der Waals surface area (Å²) in [6, 6.07) is 9.87. The van der Waals surface area contributed by atoms with Crippen molar-refractivity contribution in [2.75, 3.05) is 0 Å². The lowest BCUT2D eigenvalue weighted by atomic mass is 9.94. The van der Waals surface area contributed by atoms with Crippen LogP contribution in [0, 0.1) is 0 Å². The van der Waals surface area contributed by atoms with Gasteiger partial charge in [0.1, 0.15) is 5.82 Å². The van der Waals surface area contributed by atoms with Crippen LogP contribution in [0.4, 0.5) is 0 Å². The highest BCUT2D eigenvalue weighted by Gasteiger charge is 2.17. The first kappa shape index (κ1) is 12.3. The molecule has 1 heterocycles. The predicted molar refractivity (Wildman–Crippen MR) is 76.0 cm³/mol. The van der Waals surface area contributed by atoms with Crippen LogP contribution >= 0.6 is 11.6 Å². The molecule has 1 aliphatic carbocycles. The van der Waals surface area contributed by atoms with E-state index in [0.717, 1.165) is 30.7 Å². The van der Waals surface area contributed by atoms with Gasteiger partial charge in [-0.3, -0.25) is 0 Å². The minimum Gasteiger partial charge on any atom is -0.213 e. The van der Waals surface area contributed by atoms with Gasteiger partial charge >= 0.3 is 0 Å². The van der Waals surface area contributed by atoms with E-state index in [4.69, 9.17) is 11.6 Å². The number of hydrogen-bond acceptors (Lipinski definition) is 3. The molecule has 1 atom stereocenters. The van der Waals surface area contributed by atoms with Crippen molar-refractivity contribution in [3.63, 3.8) is 0 Å². The van der Waals surface area contributed by atoms with Crippen LogP contribution < -0.4 is 0 Å². The summed E-state index contributed by atoms with van der Waals surface area (Å²) in [7, 11) is 0. The molecule has 19 heavy (non-hydrogen) atoms.